The largest absolute Gasteiger partial charge is 0.310 e. The van der Waals surface area contributed by atoms with Crippen molar-refractivity contribution in [3.63, 3.8) is 0 Å². The molecule has 1 aromatic carbocycles. The Hall–Kier alpha value is -1.41. The first-order valence-corrected chi connectivity index (χ1v) is 5.93. The van der Waals surface area contributed by atoms with Crippen LogP contribution < -0.4 is 5.32 Å². The van der Waals surface area contributed by atoms with Crippen LogP contribution in [0.2, 0.25) is 0 Å². The Labute approximate surface area is 95.7 Å². The van der Waals surface area contributed by atoms with Crippen LogP contribution in [0.3, 0.4) is 0 Å². The summed E-state index contributed by atoms with van der Waals surface area (Å²) in [6, 6.07) is 11.1. The molecule has 16 heavy (non-hydrogen) atoms. The minimum atomic E-state index is 0.471. The first kappa shape index (κ1) is 9.79. The number of nitrogens with one attached hydrogen (secondary N) is 1. The Morgan fingerprint density at radius 1 is 1.25 bits per heavy atom. The standard InChI is InChI=1S/C14H16N2/c1-10-7-9-16-13(10)12-6-2-4-11-5-3-8-15-14(11)12/h2-6,8,10,13,16H,7,9H2,1H3. The second kappa shape index (κ2) is 3.87. The molecule has 0 saturated carbocycles. The predicted molar refractivity (Wildman–Crippen MR) is 66.3 cm³/mol. The van der Waals surface area contributed by atoms with Crippen LogP contribution in [-0.2, 0) is 0 Å². The van der Waals surface area contributed by atoms with Gasteiger partial charge in [0.05, 0.1) is 5.52 Å². The number of para-hydroxylation sites is 1. The van der Waals surface area contributed by atoms with Crippen molar-refractivity contribution in [3.05, 3.63) is 42.1 Å². The van der Waals surface area contributed by atoms with Crippen molar-refractivity contribution in [1.29, 1.82) is 0 Å². The Bertz CT molecular complexity index is 502. The molecule has 1 saturated heterocycles. The lowest BCUT2D eigenvalue weighted by Crippen LogP contribution is -2.17. The van der Waals surface area contributed by atoms with Gasteiger partial charge in [0.15, 0.2) is 0 Å². The molecule has 0 aliphatic carbocycles. The van der Waals surface area contributed by atoms with E-state index < -0.39 is 0 Å². The van der Waals surface area contributed by atoms with Gasteiger partial charge in [-0.15, -0.1) is 0 Å². The Balaban J connectivity index is 2.16. The van der Waals surface area contributed by atoms with Crippen molar-refractivity contribution in [3.8, 4) is 0 Å². The van der Waals surface area contributed by atoms with E-state index in [9.17, 15) is 0 Å². The summed E-state index contributed by atoms with van der Waals surface area (Å²) in [7, 11) is 0. The highest BCUT2D eigenvalue weighted by Crippen LogP contribution is 2.32. The molecule has 1 aromatic heterocycles. The number of hydrogen-bond donors (Lipinski definition) is 1. The van der Waals surface area contributed by atoms with E-state index in [0.717, 1.165) is 12.1 Å². The first-order chi connectivity index (χ1) is 7.86. The number of rotatable bonds is 1. The molecule has 2 unspecified atom stereocenters. The SMILES string of the molecule is CC1CCNC1c1cccc2cccnc12. The van der Waals surface area contributed by atoms with Crippen molar-refractivity contribution < 1.29 is 0 Å². The highest BCUT2D eigenvalue weighted by atomic mass is 15.0. The molecule has 1 aliphatic heterocycles. The van der Waals surface area contributed by atoms with Gasteiger partial charge in [-0.25, -0.2) is 0 Å². The molecule has 82 valence electrons. The van der Waals surface area contributed by atoms with Crippen molar-refractivity contribution in [2.75, 3.05) is 6.54 Å². The van der Waals surface area contributed by atoms with E-state index >= 15 is 0 Å². The molecular formula is C14H16N2. The molecule has 2 aromatic rings. The summed E-state index contributed by atoms with van der Waals surface area (Å²) >= 11 is 0. The molecule has 2 atom stereocenters. The molecule has 2 nitrogen and oxygen atoms in total. The van der Waals surface area contributed by atoms with Crippen LogP contribution in [0, 0.1) is 5.92 Å². The quantitative estimate of drug-likeness (QED) is 0.786. The zero-order valence-corrected chi connectivity index (χ0v) is 9.48. The highest BCUT2D eigenvalue weighted by Gasteiger charge is 2.25. The molecule has 0 spiro atoms. The second-order valence-electron chi connectivity index (χ2n) is 4.62. The Kier molecular flexibility index (Phi) is 2.37. The normalized spacial score (nSPS) is 25.1. The Morgan fingerprint density at radius 3 is 2.94 bits per heavy atom. The van der Waals surface area contributed by atoms with E-state index in [1.165, 1.54) is 17.4 Å². The van der Waals surface area contributed by atoms with Crippen LogP contribution >= 0.6 is 0 Å². The van der Waals surface area contributed by atoms with Gasteiger partial charge in [-0.1, -0.05) is 31.2 Å². The summed E-state index contributed by atoms with van der Waals surface area (Å²) in [5.41, 5.74) is 2.50. The van der Waals surface area contributed by atoms with E-state index in [1.807, 2.05) is 12.3 Å². The smallest absolute Gasteiger partial charge is 0.0749 e. The van der Waals surface area contributed by atoms with Gasteiger partial charge in [0.2, 0.25) is 0 Å². The number of nitrogens with zero attached hydrogens (tertiary/aromatic N) is 1. The molecule has 0 amide bonds. The molecule has 1 N–H and O–H groups in total. The molecule has 2 heterocycles. The average Bonchev–Trinajstić information content (AvgIpc) is 2.75. The van der Waals surface area contributed by atoms with Gasteiger partial charge in [-0.3, -0.25) is 4.98 Å². The van der Waals surface area contributed by atoms with Gasteiger partial charge < -0.3 is 5.32 Å². The summed E-state index contributed by atoms with van der Waals surface area (Å²) in [6.45, 7) is 3.43. The van der Waals surface area contributed by atoms with Crippen LogP contribution in [0.1, 0.15) is 24.9 Å². The van der Waals surface area contributed by atoms with Crippen LogP contribution in [0.15, 0.2) is 36.5 Å². The number of aromatic nitrogens is 1. The third-order valence-electron chi connectivity index (χ3n) is 3.53. The summed E-state index contributed by atoms with van der Waals surface area (Å²) in [5, 5.41) is 4.81. The van der Waals surface area contributed by atoms with E-state index in [-0.39, 0.29) is 0 Å². The zero-order valence-electron chi connectivity index (χ0n) is 9.48. The average molecular weight is 212 g/mol. The monoisotopic (exact) mass is 212 g/mol. The predicted octanol–water partition coefficient (Wildman–Crippen LogP) is 2.91. The highest BCUT2D eigenvalue weighted by molar-refractivity contribution is 5.82. The lowest BCUT2D eigenvalue weighted by Gasteiger charge is -2.17. The van der Waals surface area contributed by atoms with Crippen molar-refractivity contribution in [2.24, 2.45) is 5.92 Å². The van der Waals surface area contributed by atoms with Crippen molar-refractivity contribution >= 4 is 10.9 Å². The van der Waals surface area contributed by atoms with Gasteiger partial charge >= 0.3 is 0 Å². The topological polar surface area (TPSA) is 24.9 Å². The van der Waals surface area contributed by atoms with E-state index in [4.69, 9.17) is 0 Å². The summed E-state index contributed by atoms with van der Waals surface area (Å²) in [6.07, 6.45) is 3.14. The van der Waals surface area contributed by atoms with Crippen molar-refractivity contribution in [1.82, 2.24) is 10.3 Å². The number of benzene rings is 1. The minimum absolute atomic E-state index is 0.471. The zero-order chi connectivity index (χ0) is 11.0. The number of hydrogen-bond acceptors (Lipinski definition) is 2. The molecule has 1 fully saturated rings. The van der Waals surface area contributed by atoms with Crippen LogP contribution in [0.25, 0.3) is 10.9 Å². The third kappa shape index (κ3) is 1.50. The fourth-order valence-corrected chi connectivity index (χ4v) is 2.63. The minimum Gasteiger partial charge on any atom is -0.310 e. The van der Waals surface area contributed by atoms with Crippen LogP contribution in [0.4, 0.5) is 0 Å². The maximum absolute atomic E-state index is 4.52. The second-order valence-corrected chi connectivity index (χ2v) is 4.62. The van der Waals surface area contributed by atoms with Gasteiger partial charge in [0.25, 0.3) is 0 Å². The fraction of sp³-hybridized carbons (Fsp3) is 0.357. The van der Waals surface area contributed by atoms with E-state index in [0.29, 0.717) is 12.0 Å². The van der Waals surface area contributed by atoms with Crippen molar-refractivity contribution in [2.45, 2.75) is 19.4 Å². The van der Waals surface area contributed by atoms with Gasteiger partial charge in [0, 0.05) is 17.6 Å². The number of fused-ring (bicyclic) bond motifs is 1. The van der Waals surface area contributed by atoms with Gasteiger partial charge in [0.1, 0.15) is 0 Å². The summed E-state index contributed by atoms with van der Waals surface area (Å²) in [5.74, 6) is 0.701. The molecule has 0 bridgehead atoms. The summed E-state index contributed by atoms with van der Waals surface area (Å²) < 4.78 is 0. The lowest BCUT2D eigenvalue weighted by molar-refractivity contribution is 0.506. The summed E-state index contributed by atoms with van der Waals surface area (Å²) in [4.78, 5) is 4.52. The maximum Gasteiger partial charge on any atom is 0.0749 e. The first-order valence-electron chi connectivity index (χ1n) is 5.93. The van der Waals surface area contributed by atoms with Gasteiger partial charge in [-0.2, -0.15) is 0 Å². The lowest BCUT2D eigenvalue weighted by atomic mass is 9.94. The van der Waals surface area contributed by atoms with E-state index in [1.54, 1.807) is 0 Å². The maximum atomic E-state index is 4.52. The van der Waals surface area contributed by atoms with Crippen LogP contribution in [-0.4, -0.2) is 11.5 Å². The fourth-order valence-electron chi connectivity index (χ4n) is 2.63. The molecule has 1 aliphatic rings. The van der Waals surface area contributed by atoms with Gasteiger partial charge in [-0.05, 0) is 30.5 Å². The van der Waals surface area contributed by atoms with Crippen LogP contribution in [0.5, 0.6) is 0 Å². The molecular weight excluding hydrogens is 196 g/mol. The van der Waals surface area contributed by atoms with E-state index in [2.05, 4.69) is 41.5 Å². The number of pyridine rings is 1. The molecule has 2 heteroatoms. The Morgan fingerprint density at radius 2 is 2.12 bits per heavy atom. The molecule has 3 rings (SSSR count). The molecule has 0 radical (unpaired) electrons. The third-order valence-corrected chi connectivity index (χ3v) is 3.53.